The van der Waals surface area contributed by atoms with Crippen LogP contribution in [0.25, 0.3) is 0 Å². The van der Waals surface area contributed by atoms with E-state index in [1.165, 1.54) is 24.8 Å². The number of unbranched alkanes of at least 4 members (excludes halogenated alkanes) is 4. The normalized spacial score (nSPS) is 8.93. The predicted molar refractivity (Wildman–Crippen MR) is 66.0 cm³/mol. The van der Waals surface area contributed by atoms with Gasteiger partial charge in [-0.3, -0.25) is 0 Å². The van der Waals surface area contributed by atoms with Crippen LogP contribution in [0.4, 0.5) is 0 Å². The predicted octanol–water partition coefficient (Wildman–Crippen LogP) is 4.15. The fraction of sp³-hybridized carbons (Fsp3) is 0.500. The van der Waals surface area contributed by atoms with Gasteiger partial charge in [-0.2, -0.15) is 0 Å². The van der Waals surface area contributed by atoms with E-state index in [4.69, 9.17) is 0 Å². The van der Waals surface area contributed by atoms with E-state index in [-0.39, 0.29) is 0 Å². The summed E-state index contributed by atoms with van der Waals surface area (Å²) in [5.74, 6) is 0. The smallest absolute Gasteiger partial charge is 0.119 e. The maximum atomic E-state index is 9.77. The van der Waals surface area contributed by atoms with Gasteiger partial charge in [-0.05, 0) is 13.3 Å². The lowest BCUT2D eigenvalue weighted by atomic mass is 10.2. The van der Waals surface area contributed by atoms with Crippen LogP contribution >= 0.6 is 0 Å². The van der Waals surface area contributed by atoms with E-state index >= 15 is 0 Å². The van der Waals surface area contributed by atoms with Gasteiger partial charge in [-0.15, -0.1) is 0 Å². The van der Waals surface area contributed by atoms with Crippen LogP contribution in [0.15, 0.2) is 30.3 Å². The summed E-state index contributed by atoms with van der Waals surface area (Å²) in [5.41, 5.74) is 1.32. The van der Waals surface area contributed by atoms with Crippen LogP contribution in [-0.4, -0.2) is 6.29 Å². The number of aldehydes is 1. The van der Waals surface area contributed by atoms with Crippen molar-refractivity contribution >= 4 is 6.29 Å². The van der Waals surface area contributed by atoms with E-state index in [0.717, 1.165) is 19.1 Å². The van der Waals surface area contributed by atoms with Crippen molar-refractivity contribution in [3.63, 3.8) is 0 Å². The van der Waals surface area contributed by atoms with Crippen LogP contribution in [0.3, 0.4) is 0 Å². The Hall–Kier alpha value is -1.11. The first kappa shape index (κ1) is 13.9. The van der Waals surface area contributed by atoms with Crippen molar-refractivity contribution in [1.82, 2.24) is 0 Å². The van der Waals surface area contributed by atoms with Gasteiger partial charge < -0.3 is 4.79 Å². The SMILES string of the molecule is CCCCCCC=O.Cc1ccccc1. The third kappa shape index (κ3) is 10.8. The van der Waals surface area contributed by atoms with Gasteiger partial charge in [-0.1, -0.05) is 62.1 Å². The number of aryl methyl sites for hydroxylation is 1. The Labute approximate surface area is 93.5 Å². The molecule has 0 aliphatic rings. The van der Waals surface area contributed by atoms with Crippen molar-refractivity contribution in [2.45, 2.75) is 46.0 Å². The summed E-state index contributed by atoms with van der Waals surface area (Å²) in [6.45, 7) is 4.25. The van der Waals surface area contributed by atoms with Gasteiger partial charge in [-0.25, -0.2) is 0 Å². The molecule has 1 aromatic rings. The van der Waals surface area contributed by atoms with E-state index < -0.39 is 0 Å². The second kappa shape index (κ2) is 11.0. The molecule has 0 aliphatic carbocycles. The zero-order valence-electron chi connectivity index (χ0n) is 9.91. The lowest BCUT2D eigenvalue weighted by Gasteiger charge is -1.90. The summed E-state index contributed by atoms with van der Waals surface area (Å²) >= 11 is 0. The maximum Gasteiger partial charge on any atom is 0.119 e. The van der Waals surface area contributed by atoms with Gasteiger partial charge in [0.2, 0.25) is 0 Å². The molecule has 0 saturated heterocycles. The average Bonchev–Trinajstić information content (AvgIpc) is 2.27. The fourth-order valence-electron chi connectivity index (χ4n) is 1.19. The van der Waals surface area contributed by atoms with E-state index in [2.05, 4.69) is 26.0 Å². The van der Waals surface area contributed by atoms with Crippen molar-refractivity contribution in [3.8, 4) is 0 Å². The molecule has 1 rings (SSSR count). The molecule has 0 bridgehead atoms. The molecular formula is C14H22O. The summed E-state index contributed by atoms with van der Waals surface area (Å²) in [7, 11) is 0. The Morgan fingerprint density at radius 1 is 1.07 bits per heavy atom. The first-order valence-electron chi connectivity index (χ1n) is 5.76. The fourth-order valence-corrected chi connectivity index (χ4v) is 1.19. The number of rotatable bonds is 5. The van der Waals surface area contributed by atoms with E-state index in [0.29, 0.717) is 0 Å². The molecule has 0 fully saturated rings. The van der Waals surface area contributed by atoms with Crippen molar-refractivity contribution in [1.29, 1.82) is 0 Å². The molecule has 1 nitrogen and oxygen atoms in total. The Kier molecular flexibility index (Phi) is 10.2. The largest absolute Gasteiger partial charge is 0.303 e. The van der Waals surface area contributed by atoms with Gasteiger partial charge in [0.25, 0.3) is 0 Å². The second-order valence-corrected chi connectivity index (χ2v) is 3.67. The van der Waals surface area contributed by atoms with Crippen molar-refractivity contribution in [3.05, 3.63) is 35.9 Å². The third-order valence-corrected chi connectivity index (χ3v) is 2.12. The molecule has 0 saturated carbocycles. The standard InChI is InChI=1S/C7H14O.C7H8/c1-2-3-4-5-6-7-8;1-7-5-3-2-4-6-7/h7H,2-6H2,1H3;2-6H,1H3. The average molecular weight is 206 g/mol. The molecule has 0 unspecified atom stereocenters. The van der Waals surface area contributed by atoms with Crippen molar-refractivity contribution < 1.29 is 4.79 Å². The highest BCUT2D eigenvalue weighted by Gasteiger charge is 1.83. The van der Waals surface area contributed by atoms with Gasteiger partial charge in [0.15, 0.2) is 0 Å². The summed E-state index contributed by atoms with van der Waals surface area (Å²) in [6, 6.07) is 10.3. The Balaban J connectivity index is 0.000000262. The first-order chi connectivity index (χ1) is 7.31. The van der Waals surface area contributed by atoms with Gasteiger partial charge in [0.1, 0.15) is 6.29 Å². The molecule has 15 heavy (non-hydrogen) atoms. The maximum absolute atomic E-state index is 9.77. The highest BCUT2D eigenvalue weighted by atomic mass is 16.1. The van der Waals surface area contributed by atoms with Crippen molar-refractivity contribution in [2.24, 2.45) is 0 Å². The number of benzene rings is 1. The van der Waals surface area contributed by atoms with Crippen LogP contribution in [-0.2, 0) is 4.79 Å². The Morgan fingerprint density at radius 2 is 1.73 bits per heavy atom. The number of hydrogen-bond donors (Lipinski definition) is 0. The molecule has 84 valence electrons. The molecule has 1 heteroatoms. The Bertz CT molecular complexity index is 228. The van der Waals surface area contributed by atoms with Gasteiger partial charge in [0.05, 0.1) is 0 Å². The summed E-state index contributed by atoms with van der Waals surface area (Å²) in [5, 5.41) is 0. The van der Waals surface area contributed by atoms with Crippen LogP contribution in [0.5, 0.6) is 0 Å². The molecule has 0 amide bonds. The molecular weight excluding hydrogens is 184 g/mol. The number of hydrogen-bond acceptors (Lipinski definition) is 1. The number of carbonyl (C=O) groups excluding carboxylic acids is 1. The second-order valence-electron chi connectivity index (χ2n) is 3.67. The molecule has 0 aliphatic heterocycles. The number of carbonyl (C=O) groups is 1. The van der Waals surface area contributed by atoms with E-state index in [9.17, 15) is 4.79 Å². The zero-order chi connectivity index (χ0) is 11.4. The van der Waals surface area contributed by atoms with Crippen LogP contribution in [0.1, 0.15) is 44.6 Å². The molecule has 0 atom stereocenters. The highest BCUT2D eigenvalue weighted by Crippen LogP contribution is 1.99. The molecule has 0 spiro atoms. The minimum absolute atomic E-state index is 0.750. The lowest BCUT2D eigenvalue weighted by Crippen LogP contribution is -1.76. The molecule has 0 aromatic heterocycles. The first-order valence-corrected chi connectivity index (χ1v) is 5.76. The summed E-state index contributed by atoms with van der Waals surface area (Å²) in [6.07, 6.45) is 6.56. The molecule has 1 aromatic carbocycles. The Morgan fingerprint density at radius 3 is 2.13 bits per heavy atom. The topological polar surface area (TPSA) is 17.1 Å². The minimum Gasteiger partial charge on any atom is -0.303 e. The van der Waals surface area contributed by atoms with E-state index in [1.807, 2.05) is 18.2 Å². The van der Waals surface area contributed by atoms with Gasteiger partial charge in [0, 0.05) is 6.42 Å². The summed E-state index contributed by atoms with van der Waals surface area (Å²) in [4.78, 5) is 9.77. The quantitative estimate of drug-likeness (QED) is 0.522. The van der Waals surface area contributed by atoms with Gasteiger partial charge >= 0.3 is 0 Å². The summed E-state index contributed by atoms with van der Waals surface area (Å²) < 4.78 is 0. The van der Waals surface area contributed by atoms with Crippen molar-refractivity contribution in [2.75, 3.05) is 0 Å². The molecule has 0 heterocycles. The molecule has 0 radical (unpaired) electrons. The van der Waals surface area contributed by atoms with E-state index in [1.54, 1.807) is 0 Å². The third-order valence-electron chi connectivity index (χ3n) is 2.12. The monoisotopic (exact) mass is 206 g/mol. The lowest BCUT2D eigenvalue weighted by molar-refractivity contribution is -0.107. The molecule has 0 N–H and O–H groups in total. The van der Waals surface area contributed by atoms with Crippen LogP contribution < -0.4 is 0 Å². The zero-order valence-corrected chi connectivity index (χ0v) is 9.91. The minimum atomic E-state index is 0.750. The van der Waals surface area contributed by atoms with Crippen LogP contribution in [0.2, 0.25) is 0 Å². The van der Waals surface area contributed by atoms with Crippen LogP contribution in [0, 0.1) is 6.92 Å². The highest BCUT2D eigenvalue weighted by molar-refractivity contribution is 5.48.